The van der Waals surface area contributed by atoms with Gasteiger partial charge in [0, 0.05) is 37.1 Å². The lowest BCUT2D eigenvalue weighted by Gasteiger charge is -2.08. The van der Waals surface area contributed by atoms with E-state index in [-0.39, 0.29) is 18.1 Å². The van der Waals surface area contributed by atoms with E-state index in [2.05, 4.69) is 41.1 Å². The molecule has 2 N–H and O–H groups in total. The second-order valence-corrected chi connectivity index (χ2v) is 6.64. The summed E-state index contributed by atoms with van der Waals surface area (Å²) in [7, 11) is 0. The number of carbonyl (C=O) groups is 1. The first kappa shape index (κ1) is 21.1. The van der Waals surface area contributed by atoms with Crippen molar-refractivity contribution in [2.24, 2.45) is 0 Å². The van der Waals surface area contributed by atoms with Gasteiger partial charge in [-0.2, -0.15) is 23.0 Å². The van der Waals surface area contributed by atoms with Crippen molar-refractivity contribution in [3.8, 4) is 11.1 Å². The summed E-state index contributed by atoms with van der Waals surface area (Å²) in [6, 6.07) is 3.62. The maximum absolute atomic E-state index is 12.9. The van der Waals surface area contributed by atoms with E-state index in [4.69, 9.17) is 0 Å². The second-order valence-electron chi connectivity index (χ2n) is 6.64. The monoisotopic (exact) mass is 446 g/mol. The van der Waals surface area contributed by atoms with Crippen LogP contribution < -0.4 is 10.6 Å². The number of rotatable bonds is 6. The van der Waals surface area contributed by atoms with Crippen molar-refractivity contribution in [1.82, 2.24) is 45.1 Å². The molecule has 11 nitrogen and oxygen atoms in total. The number of amides is 2. The summed E-state index contributed by atoms with van der Waals surface area (Å²) >= 11 is 0. The van der Waals surface area contributed by atoms with Crippen LogP contribution in [-0.2, 0) is 19.1 Å². The Kier molecular flexibility index (Phi) is 5.66. The highest BCUT2D eigenvalue weighted by Gasteiger charge is 2.31. The van der Waals surface area contributed by atoms with E-state index < -0.39 is 17.8 Å². The van der Waals surface area contributed by atoms with E-state index in [0.29, 0.717) is 30.0 Å². The van der Waals surface area contributed by atoms with Crippen LogP contribution in [0.1, 0.15) is 18.3 Å². The molecule has 0 fully saturated rings. The molecule has 0 saturated heterocycles. The first-order chi connectivity index (χ1) is 15.3. The number of hydrogen-bond acceptors (Lipinski definition) is 7. The number of fused-ring (bicyclic) bond motifs is 1. The number of nitrogens with zero attached hydrogens (tertiary/aromatic N) is 8. The molecule has 0 atom stereocenters. The van der Waals surface area contributed by atoms with Gasteiger partial charge in [0.15, 0.2) is 11.5 Å². The zero-order chi connectivity index (χ0) is 22.7. The number of nitrogens with one attached hydrogen (secondary N) is 2. The fraction of sp³-hybridized carbons (Fsp3) is 0.278. The van der Waals surface area contributed by atoms with Crippen molar-refractivity contribution in [2.75, 3.05) is 11.9 Å². The van der Waals surface area contributed by atoms with Gasteiger partial charge in [-0.25, -0.2) is 9.31 Å². The van der Waals surface area contributed by atoms with Gasteiger partial charge in [0.2, 0.25) is 0 Å². The Balaban J connectivity index is 1.41. The minimum absolute atomic E-state index is 0.0388. The predicted octanol–water partition coefficient (Wildman–Crippen LogP) is 2.18. The lowest BCUT2D eigenvalue weighted by Crippen LogP contribution is -2.31. The SMILES string of the molecule is CCn1nnc(CCNC(=O)Nc2nc3cc(-c4cncc(C(F)(F)F)c4)ccn3n2)n1. The maximum Gasteiger partial charge on any atom is 0.417 e. The number of hydrogen-bond donors (Lipinski definition) is 2. The van der Waals surface area contributed by atoms with Crippen LogP contribution in [0.5, 0.6) is 0 Å². The summed E-state index contributed by atoms with van der Waals surface area (Å²) in [5.41, 5.74) is 0.261. The molecule has 4 heterocycles. The van der Waals surface area contributed by atoms with Gasteiger partial charge in [-0.3, -0.25) is 10.3 Å². The topological polar surface area (TPSA) is 128 Å². The van der Waals surface area contributed by atoms with Crippen LogP contribution >= 0.6 is 0 Å². The Morgan fingerprint density at radius 2 is 2.00 bits per heavy atom. The van der Waals surface area contributed by atoms with Crippen LogP contribution in [0.25, 0.3) is 16.8 Å². The Hall–Kier alpha value is -4.10. The summed E-state index contributed by atoms with van der Waals surface area (Å²) in [5.74, 6) is 0.548. The van der Waals surface area contributed by atoms with Gasteiger partial charge in [-0.05, 0) is 35.9 Å². The number of anilines is 1. The zero-order valence-electron chi connectivity index (χ0n) is 16.7. The highest BCUT2D eigenvalue weighted by Crippen LogP contribution is 2.31. The number of halogens is 3. The average molecular weight is 446 g/mol. The van der Waals surface area contributed by atoms with Crippen molar-refractivity contribution < 1.29 is 18.0 Å². The molecule has 0 aliphatic heterocycles. The number of pyridine rings is 2. The Morgan fingerprint density at radius 1 is 1.16 bits per heavy atom. The van der Waals surface area contributed by atoms with Crippen LogP contribution in [-0.4, -0.2) is 52.4 Å². The van der Waals surface area contributed by atoms with Crippen LogP contribution in [0.3, 0.4) is 0 Å². The average Bonchev–Trinajstić information content (AvgIpc) is 3.38. The fourth-order valence-electron chi connectivity index (χ4n) is 2.81. The molecule has 0 spiro atoms. The number of aryl methyl sites for hydroxylation is 1. The Labute approximate surface area is 178 Å². The molecule has 166 valence electrons. The normalized spacial score (nSPS) is 11.6. The number of tetrazole rings is 1. The third-order valence-electron chi connectivity index (χ3n) is 4.37. The molecular weight excluding hydrogens is 429 g/mol. The van der Waals surface area contributed by atoms with Gasteiger partial charge < -0.3 is 5.32 Å². The van der Waals surface area contributed by atoms with Gasteiger partial charge in [0.05, 0.1) is 12.1 Å². The highest BCUT2D eigenvalue weighted by molar-refractivity contribution is 5.87. The smallest absolute Gasteiger partial charge is 0.337 e. The van der Waals surface area contributed by atoms with E-state index in [1.165, 1.54) is 21.7 Å². The largest absolute Gasteiger partial charge is 0.417 e. The molecule has 2 amide bonds. The van der Waals surface area contributed by atoms with Crippen LogP contribution in [0.15, 0.2) is 36.8 Å². The summed E-state index contributed by atoms with van der Waals surface area (Å²) in [4.78, 5) is 21.4. The number of urea groups is 1. The summed E-state index contributed by atoms with van der Waals surface area (Å²) in [5, 5.41) is 21.1. The third-order valence-corrected chi connectivity index (χ3v) is 4.37. The van der Waals surface area contributed by atoms with Gasteiger partial charge >= 0.3 is 12.2 Å². The standard InChI is InChI=1S/C18H17F3N10O/c1-2-31-27-14(26-29-31)3-5-23-17(32)25-16-24-15-8-11(4-6-30(15)28-16)12-7-13(10-22-9-12)18(19,20)21/h4,6-10H,2-3,5H2,1H3,(H2,23,25,28,32). The van der Waals surface area contributed by atoms with E-state index in [1.54, 1.807) is 12.1 Å². The minimum atomic E-state index is -4.49. The molecule has 32 heavy (non-hydrogen) atoms. The van der Waals surface area contributed by atoms with Crippen molar-refractivity contribution in [2.45, 2.75) is 26.1 Å². The Bertz CT molecular complexity index is 1250. The van der Waals surface area contributed by atoms with Gasteiger partial charge in [-0.1, -0.05) is 0 Å². The van der Waals surface area contributed by atoms with Gasteiger partial charge in [0.1, 0.15) is 0 Å². The molecule has 4 aromatic heterocycles. The minimum Gasteiger partial charge on any atom is -0.337 e. The van der Waals surface area contributed by atoms with Crippen LogP contribution in [0.4, 0.5) is 23.9 Å². The number of alkyl halides is 3. The summed E-state index contributed by atoms with van der Waals surface area (Å²) in [6.07, 6.45) is -0.459. The molecule has 0 aromatic carbocycles. The van der Waals surface area contributed by atoms with Crippen molar-refractivity contribution in [3.05, 3.63) is 48.2 Å². The molecule has 0 bridgehead atoms. The van der Waals surface area contributed by atoms with E-state index >= 15 is 0 Å². The molecule has 14 heteroatoms. The summed E-state index contributed by atoms with van der Waals surface area (Å²) in [6.45, 7) is 2.77. The van der Waals surface area contributed by atoms with Crippen molar-refractivity contribution in [1.29, 1.82) is 0 Å². The fourth-order valence-corrected chi connectivity index (χ4v) is 2.81. The molecular formula is C18H17F3N10O. The lowest BCUT2D eigenvalue weighted by atomic mass is 10.1. The third kappa shape index (κ3) is 4.79. The molecule has 0 aliphatic carbocycles. The quantitative estimate of drug-likeness (QED) is 0.465. The predicted molar refractivity (Wildman–Crippen MR) is 105 cm³/mol. The van der Waals surface area contributed by atoms with E-state index in [0.717, 1.165) is 12.3 Å². The van der Waals surface area contributed by atoms with Crippen molar-refractivity contribution >= 4 is 17.6 Å². The molecule has 0 radical (unpaired) electrons. The molecule has 4 rings (SSSR count). The van der Waals surface area contributed by atoms with Gasteiger partial charge in [-0.15, -0.1) is 15.3 Å². The molecule has 0 saturated carbocycles. The van der Waals surface area contributed by atoms with Crippen LogP contribution in [0, 0.1) is 0 Å². The number of carbonyl (C=O) groups excluding carboxylic acids is 1. The second kappa shape index (κ2) is 8.56. The maximum atomic E-state index is 12.9. The van der Waals surface area contributed by atoms with E-state index in [9.17, 15) is 18.0 Å². The number of aromatic nitrogens is 8. The highest BCUT2D eigenvalue weighted by atomic mass is 19.4. The van der Waals surface area contributed by atoms with Crippen molar-refractivity contribution in [3.63, 3.8) is 0 Å². The lowest BCUT2D eigenvalue weighted by molar-refractivity contribution is -0.137. The van der Waals surface area contributed by atoms with Crippen LogP contribution in [0.2, 0.25) is 0 Å². The Morgan fingerprint density at radius 3 is 2.75 bits per heavy atom. The molecule has 4 aromatic rings. The summed E-state index contributed by atoms with van der Waals surface area (Å²) < 4.78 is 40.2. The van der Waals surface area contributed by atoms with Gasteiger partial charge in [0.25, 0.3) is 5.95 Å². The molecule has 0 unspecified atom stereocenters. The zero-order valence-corrected chi connectivity index (χ0v) is 16.7. The van der Waals surface area contributed by atoms with E-state index in [1.807, 2.05) is 6.92 Å². The first-order valence-electron chi connectivity index (χ1n) is 9.52. The molecule has 0 aliphatic rings. The first-order valence-corrected chi connectivity index (χ1v) is 9.52.